The average molecular weight is 291 g/mol. The zero-order chi connectivity index (χ0) is 15.5. The molecule has 1 aliphatic carbocycles. The predicted molar refractivity (Wildman–Crippen MR) is 79.0 cm³/mol. The minimum atomic E-state index is -0.965. The van der Waals surface area contributed by atoms with Crippen LogP contribution in [0.2, 0.25) is 0 Å². The molecule has 1 aromatic rings. The molecule has 0 spiro atoms. The predicted octanol–water partition coefficient (Wildman–Crippen LogP) is 2.02. The van der Waals surface area contributed by atoms with E-state index in [4.69, 9.17) is 5.73 Å². The molecule has 21 heavy (non-hydrogen) atoms. The van der Waals surface area contributed by atoms with Crippen LogP contribution in [0.4, 0.5) is 5.82 Å². The molecular weight excluding hydrogens is 270 g/mol. The highest BCUT2D eigenvalue weighted by molar-refractivity contribution is 5.92. The van der Waals surface area contributed by atoms with Gasteiger partial charge < -0.3 is 16.2 Å². The molecule has 6 nitrogen and oxygen atoms in total. The number of nitrogens with one attached hydrogen (secondary N) is 1. The number of carbonyl (C=O) groups is 2. The molecule has 2 rings (SSSR count). The number of nitrogens with zero attached hydrogens (tertiary/aromatic N) is 1. The number of nitrogens with two attached hydrogens (primary N) is 1. The van der Waals surface area contributed by atoms with Crippen molar-refractivity contribution in [3.63, 3.8) is 0 Å². The van der Waals surface area contributed by atoms with Crippen LogP contribution < -0.4 is 11.1 Å². The SMILES string of the molecule is CCC1CCC(Nc2ccc(C(N)=O)cn2)(C(=O)O)CC1. The molecular formula is C15H21N3O3. The number of primary amides is 1. The van der Waals surface area contributed by atoms with E-state index in [-0.39, 0.29) is 0 Å². The molecule has 1 aromatic heterocycles. The van der Waals surface area contributed by atoms with E-state index in [0.29, 0.717) is 30.1 Å². The first-order chi connectivity index (χ1) is 9.97. The molecule has 1 amide bonds. The second kappa shape index (κ2) is 6.11. The Bertz CT molecular complexity index is 519. The first-order valence-electron chi connectivity index (χ1n) is 7.24. The Morgan fingerprint density at radius 1 is 1.43 bits per heavy atom. The fourth-order valence-electron chi connectivity index (χ4n) is 2.83. The van der Waals surface area contributed by atoms with Gasteiger partial charge in [0.05, 0.1) is 5.56 Å². The lowest BCUT2D eigenvalue weighted by Crippen LogP contribution is -2.49. The van der Waals surface area contributed by atoms with E-state index in [0.717, 1.165) is 19.3 Å². The number of aromatic nitrogens is 1. The van der Waals surface area contributed by atoms with E-state index in [1.54, 1.807) is 12.1 Å². The van der Waals surface area contributed by atoms with Crippen LogP contribution in [-0.2, 0) is 4.79 Å². The van der Waals surface area contributed by atoms with E-state index in [1.807, 2.05) is 0 Å². The molecule has 0 unspecified atom stereocenters. The highest BCUT2D eigenvalue weighted by Crippen LogP contribution is 2.36. The number of hydrogen-bond acceptors (Lipinski definition) is 4. The monoisotopic (exact) mass is 291 g/mol. The Labute approximate surface area is 123 Å². The lowest BCUT2D eigenvalue weighted by molar-refractivity contribution is -0.143. The van der Waals surface area contributed by atoms with Crippen molar-refractivity contribution >= 4 is 17.7 Å². The summed E-state index contributed by atoms with van der Waals surface area (Å²) in [4.78, 5) is 26.8. The molecule has 1 aliphatic rings. The van der Waals surface area contributed by atoms with Crippen LogP contribution >= 0.6 is 0 Å². The highest BCUT2D eigenvalue weighted by atomic mass is 16.4. The Kier molecular flexibility index (Phi) is 4.45. The van der Waals surface area contributed by atoms with Crippen molar-refractivity contribution in [1.82, 2.24) is 4.98 Å². The van der Waals surface area contributed by atoms with Crippen LogP contribution in [0, 0.1) is 5.92 Å². The number of carbonyl (C=O) groups excluding carboxylic acids is 1. The summed E-state index contributed by atoms with van der Waals surface area (Å²) < 4.78 is 0. The van der Waals surface area contributed by atoms with Gasteiger partial charge in [0.2, 0.25) is 5.91 Å². The summed E-state index contributed by atoms with van der Waals surface area (Å²) in [7, 11) is 0. The van der Waals surface area contributed by atoms with Gasteiger partial charge in [0, 0.05) is 6.20 Å². The van der Waals surface area contributed by atoms with Crippen molar-refractivity contribution in [2.75, 3.05) is 5.32 Å². The van der Waals surface area contributed by atoms with Gasteiger partial charge in [-0.2, -0.15) is 0 Å². The van der Waals surface area contributed by atoms with Crippen molar-refractivity contribution in [3.8, 4) is 0 Å². The van der Waals surface area contributed by atoms with Crippen LogP contribution in [0.1, 0.15) is 49.4 Å². The van der Waals surface area contributed by atoms with E-state index >= 15 is 0 Å². The van der Waals surface area contributed by atoms with Gasteiger partial charge in [-0.3, -0.25) is 4.79 Å². The molecule has 0 atom stereocenters. The molecule has 1 saturated carbocycles. The van der Waals surface area contributed by atoms with Crippen molar-refractivity contribution in [2.24, 2.45) is 11.7 Å². The normalized spacial score (nSPS) is 25.3. The summed E-state index contributed by atoms with van der Waals surface area (Å²) in [5, 5.41) is 12.6. The van der Waals surface area contributed by atoms with Crippen LogP contribution in [0.25, 0.3) is 0 Å². The fourth-order valence-corrected chi connectivity index (χ4v) is 2.83. The number of rotatable bonds is 5. The lowest BCUT2D eigenvalue weighted by Gasteiger charge is -2.37. The van der Waals surface area contributed by atoms with Gasteiger partial charge in [-0.05, 0) is 43.7 Å². The first-order valence-corrected chi connectivity index (χ1v) is 7.24. The van der Waals surface area contributed by atoms with Gasteiger partial charge in [0.15, 0.2) is 0 Å². The molecule has 4 N–H and O–H groups in total. The van der Waals surface area contributed by atoms with Crippen LogP contribution in [0.5, 0.6) is 0 Å². The molecule has 1 fully saturated rings. The Balaban J connectivity index is 2.13. The van der Waals surface area contributed by atoms with E-state index in [2.05, 4.69) is 17.2 Å². The van der Waals surface area contributed by atoms with Gasteiger partial charge >= 0.3 is 5.97 Å². The standard InChI is InChI=1S/C15H21N3O3/c1-2-10-5-7-15(8-6-10,14(20)21)18-12-4-3-11(9-17-12)13(16)19/h3-4,9-10H,2,5-8H2,1H3,(H2,16,19)(H,17,18)(H,20,21). The minimum Gasteiger partial charge on any atom is -0.480 e. The zero-order valence-electron chi connectivity index (χ0n) is 12.1. The fraction of sp³-hybridized carbons (Fsp3) is 0.533. The van der Waals surface area contributed by atoms with Gasteiger partial charge in [-0.15, -0.1) is 0 Å². The molecule has 0 radical (unpaired) electrons. The van der Waals surface area contributed by atoms with E-state index < -0.39 is 17.4 Å². The zero-order valence-corrected chi connectivity index (χ0v) is 12.1. The third-order valence-electron chi connectivity index (χ3n) is 4.36. The van der Waals surface area contributed by atoms with Crippen molar-refractivity contribution in [3.05, 3.63) is 23.9 Å². The maximum Gasteiger partial charge on any atom is 0.329 e. The average Bonchev–Trinajstić information content (AvgIpc) is 2.48. The van der Waals surface area contributed by atoms with Crippen LogP contribution in [-0.4, -0.2) is 27.5 Å². The summed E-state index contributed by atoms with van der Waals surface area (Å²) in [5.41, 5.74) is 4.50. The Hall–Kier alpha value is -2.11. The number of amides is 1. The Morgan fingerprint density at radius 3 is 2.52 bits per heavy atom. The molecule has 0 bridgehead atoms. The van der Waals surface area contributed by atoms with Crippen LogP contribution in [0.3, 0.4) is 0 Å². The van der Waals surface area contributed by atoms with Crippen molar-refractivity contribution in [1.29, 1.82) is 0 Å². The number of carboxylic acid groups (broad SMARTS) is 1. The highest BCUT2D eigenvalue weighted by Gasteiger charge is 2.41. The number of hydrogen-bond donors (Lipinski definition) is 3. The van der Waals surface area contributed by atoms with Gasteiger partial charge in [-0.1, -0.05) is 13.3 Å². The van der Waals surface area contributed by atoms with Gasteiger partial charge in [-0.25, -0.2) is 9.78 Å². The number of carboxylic acids is 1. The van der Waals surface area contributed by atoms with Crippen molar-refractivity contribution in [2.45, 2.75) is 44.6 Å². The smallest absolute Gasteiger partial charge is 0.329 e. The quantitative estimate of drug-likeness (QED) is 0.769. The number of aliphatic carboxylic acids is 1. The molecule has 0 aromatic carbocycles. The molecule has 0 saturated heterocycles. The summed E-state index contributed by atoms with van der Waals surface area (Å²) in [6.07, 6.45) is 5.41. The van der Waals surface area contributed by atoms with Crippen LogP contribution in [0.15, 0.2) is 18.3 Å². The van der Waals surface area contributed by atoms with Gasteiger partial charge in [0.25, 0.3) is 0 Å². The maximum absolute atomic E-state index is 11.7. The summed E-state index contributed by atoms with van der Waals surface area (Å²) >= 11 is 0. The minimum absolute atomic E-state index is 0.305. The van der Waals surface area contributed by atoms with E-state index in [9.17, 15) is 14.7 Å². The van der Waals surface area contributed by atoms with Gasteiger partial charge in [0.1, 0.15) is 11.4 Å². The first kappa shape index (κ1) is 15.3. The second-order valence-corrected chi connectivity index (χ2v) is 5.66. The number of anilines is 1. The summed E-state index contributed by atoms with van der Waals surface area (Å²) in [5.74, 6) is -0.342. The largest absolute Gasteiger partial charge is 0.480 e. The molecule has 114 valence electrons. The maximum atomic E-state index is 11.7. The third kappa shape index (κ3) is 3.32. The third-order valence-corrected chi connectivity index (χ3v) is 4.36. The lowest BCUT2D eigenvalue weighted by atomic mass is 9.75. The topological polar surface area (TPSA) is 105 Å². The number of pyridine rings is 1. The van der Waals surface area contributed by atoms with Crippen molar-refractivity contribution < 1.29 is 14.7 Å². The molecule has 0 aliphatic heterocycles. The Morgan fingerprint density at radius 2 is 2.10 bits per heavy atom. The second-order valence-electron chi connectivity index (χ2n) is 5.66. The molecule has 6 heteroatoms. The summed E-state index contributed by atoms with van der Waals surface area (Å²) in [6.45, 7) is 2.13. The van der Waals surface area contributed by atoms with E-state index in [1.165, 1.54) is 6.20 Å². The molecule has 1 heterocycles. The summed E-state index contributed by atoms with van der Waals surface area (Å²) in [6, 6.07) is 3.14.